The summed E-state index contributed by atoms with van der Waals surface area (Å²) < 4.78 is 65.0. The van der Waals surface area contributed by atoms with Crippen LogP contribution in [0.3, 0.4) is 0 Å². The number of hydrogen-bond donors (Lipinski definition) is 2. The van der Waals surface area contributed by atoms with E-state index in [1.165, 1.54) is 0 Å². The Balaban J connectivity index is 2.69. The summed E-state index contributed by atoms with van der Waals surface area (Å²) in [6.07, 6.45) is -5.08. The lowest BCUT2D eigenvalue weighted by molar-refractivity contribution is -0.140. The summed E-state index contributed by atoms with van der Waals surface area (Å²) in [5, 5.41) is 8.49. The molecule has 122 valence electrons. The summed E-state index contributed by atoms with van der Waals surface area (Å²) in [5.74, 6) is -4.76. The van der Waals surface area contributed by atoms with Crippen LogP contribution in [0.15, 0.2) is 18.2 Å². The fourth-order valence-electron chi connectivity index (χ4n) is 1.79. The summed E-state index contributed by atoms with van der Waals surface area (Å²) in [7, 11) is 0. The number of halogens is 6. The van der Waals surface area contributed by atoms with Crippen LogP contribution in [-0.4, -0.2) is 16.1 Å². The van der Waals surface area contributed by atoms with Gasteiger partial charge in [0.15, 0.2) is 5.69 Å². The number of carbonyl (C=O) groups is 1. The highest BCUT2D eigenvalue weighted by Crippen LogP contribution is 2.36. The Bertz CT molecular complexity index is 808. The van der Waals surface area contributed by atoms with E-state index in [1.807, 2.05) is 0 Å². The normalized spacial score (nSPS) is 11.6. The molecule has 0 aliphatic heterocycles. The lowest BCUT2D eigenvalue weighted by atomic mass is 10.1. The average molecular weight is 353 g/mol. The number of nitrogen functional groups attached to an aromatic ring is 1. The summed E-state index contributed by atoms with van der Waals surface area (Å²) in [4.78, 5) is 14.5. The fourth-order valence-corrected chi connectivity index (χ4v) is 1.97. The summed E-state index contributed by atoms with van der Waals surface area (Å²) in [5.41, 5.74) is 1.48. The first kappa shape index (κ1) is 16.9. The lowest BCUT2D eigenvalue weighted by Crippen LogP contribution is -2.10. The number of nitrogens with zero attached hydrogens (tertiary/aromatic N) is 1. The molecule has 0 radical (unpaired) electrons. The Hall–Kier alpha value is -2.42. The number of aromatic nitrogens is 1. The van der Waals surface area contributed by atoms with Gasteiger partial charge in [-0.3, -0.25) is 0 Å². The van der Waals surface area contributed by atoms with E-state index in [0.717, 1.165) is 6.07 Å². The average Bonchev–Trinajstić information content (AvgIpc) is 2.42. The molecule has 4 nitrogen and oxygen atoms in total. The first-order valence-electron chi connectivity index (χ1n) is 5.78. The molecule has 3 N–H and O–H groups in total. The highest BCUT2D eigenvalue weighted by atomic mass is 35.5. The smallest absolute Gasteiger partial charge is 0.419 e. The third-order valence-corrected chi connectivity index (χ3v) is 3.22. The molecule has 1 heterocycles. The van der Waals surface area contributed by atoms with Crippen LogP contribution < -0.4 is 5.73 Å². The zero-order chi connectivity index (χ0) is 17.5. The number of carboxylic acids is 1. The summed E-state index contributed by atoms with van der Waals surface area (Å²) in [6, 6.07) is 1.15. The van der Waals surface area contributed by atoms with Crippen molar-refractivity contribution in [3.63, 3.8) is 0 Å². The quantitative estimate of drug-likeness (QED) is 0.802. The van der Waals surface area contributed by atoms with E-state index in [9.17, 15) is 26.7 Å². The van der Waals surface area contributed by atoms with E-state index in [0.29, 0.717) is 0 Å². The predicted molar refractivity (Wildman–Crippen MR) is 71.0 cm³/mol. The van der Waals surface area contributed by atoms with Crippen molar-refractivity contribution in [2.24, 2.45) is 0 Å². The zero-order valence-corrected chi connectivity index (χ0v) is 11.6. The zero-order valence-electron chi connectivity index (χ0n) is 10.9. The number of nitrogens with two attached hydrogens (primary N) is 1. The molecule has 1 aromatic heterocycles. The van der Waals surface area contributed by atoms with Crippen LogP contribution in [0.5, 0.6) is 0 Å². The number of anilines is 1. The Morgan fingerprint density at radius 3 is 2.30 bits per heavy atom. The van der Waals surface area contributed by atoms with Gasteiger partial charge in [0.25, 0.3) is 0 Å². The molecule has 0 aliphatic carbocycles. The number of alkyl halides is 3. The minimum atomic E-state index is -5.08. The van der Waals surface area contributed by atoms with Gasteiger partial charge in [-0.15, -0.1) is 0 Å². The van der Waals surface area contributed by atoms with E-state index < -0.39 is 51.3 Å². The Morgan fingerprint density at radius 1 is 1.17 bits per heavy atom. The van der Waals surface area contributed by atoms with Crippen LogP contribution in [0.4, 0.5) is 27.6 Å². The van der Waals surface area contributed by atoms with Gasteiger partial charge in [-0.2, -0.15) is 13.2 Å². The van der Waals surface area contributed by atoms with E-state index in [1.54, 1.807) is 0 Å². The highest BCUT2D eigenvalue weighted by Gasteiger charge is 2.35. The molecule has 0 saturated carbocycles. The maximum atomic E-state index is 13.9. The van der Waals surface area contributed by atoms with Crippen LogP contribution in [0.2, 0.25) is 5.02 Å². The largest absolute Gasteiger partial charge is 0.476 e. The second-order valence-corrected chi connectivity index (χ2v) is 4.75. The molecule has 23 heavy (non-hydrogen) atoms. The van der Waals surface area contributed by atoms with Gasteiger partial charge in [0, 0.05) is 5.56 Å². The Labute approximate surface area is 130 Å². The molecule has 2 rings (SSSR count). The number of hydrogen-bond acceptors (Lipinski definition) is 3. The van der Waals surface area contributed by atoms with Crippen LogP contribution >= 0.6 is 11.6 Å². The van der Waals surface area contributed by atoms with Gasteiger partial charge in [-0.25, -0.2) is 18.6 Å². The van der Waals surface area contributed by atoms with E-state index in [2.05, 4.69) is 4.98 Å². The molecule has 10 heteroatoms. The lowest BCUT2D eigenvalue weighted by Gasteiger charge is -2.12. The number of pyridine rings is 1. The molecule has 0 atom stereocenters. The SMILES string of the molecule is Nc1cc(-c2cc(F)c(C(F)(F)F)cc2F)nc(C(=O)O)c1Cl. The van der Waals surface area contributed by atoms with Crippen molar-refractivity contribution >= 4 is 23.3 Å². The standard InChI is InChI=1S/C13H6ClF5N2O2/c14-10-8(20)3-9(21-11(10)12(22)23)4-1-7(16)5(2-6(4)15)13(17,18)19/h1-3H,(H2,20,21)(H,22,23). The summed E-state index contributed by atoms with van der Waals surface area (Å²) in [6.45, 7) is 0. The summed E-state index contributed by atoms with van der Waals surface area (Å²) >= 11 is 5.62. The molecule has 0 amide bonds. The maximum Gasteiger partial charge on any atom is 0.419 e. The molecular weight excluding hydrogens is 347 g/mol. The second-order valence-electron chi connectivity index (χ2n) is 4.37. The van der Waals surface area contributed by atoms with Gasteiger partial charge in [-0.05, 0) is 18.2 Å². The third kappa shape index (κ3) is 3.19. The van der Waals surface area contributed by atoms with Crippen molar-refractivity contribution in [2.45, 2.75) is 6.18 Å². The van der Waals surface area contributed by atoms with Crippen LogP contribution in [0.25, 0.3) is 11.3 Å². The third-order valence-electron chi connectivity index (χ3n) is 2.83. The van der Waals surface area contributed by atoms with Gasteiger partial charge < -0.3 is 10.8 Å². The minimum absolute atomic E-state index is 0.0441. The van der Waals surface area contributed by atoms with Gasteiger partial charge >= 0.3 is 12.1 Å². The number of aromatic carboxylic acids is 1. The molecule has 2 aromatic rings. The Morgan fingerprint density at radius 2 is 1.78 bits per heavy atom. The van der Waals surface area contributed by atoms with Crippen LogP contribution in [0, 0.1) is 11.6 Å². The molecule has 0 spiro atoms. The number of carboxylic acid groups (broad SMARTS) is 1. The fraction of sp³-hybridized carbons (Fsp3) is 0.0769. The van der Waals surface area contributed by atoms with Crippen molar-refractivity contribution in [3.8, 4) is 11.3 Å². The monoisotopic (exact) mass is 352 g/mol. The minimum Gasteiger partial charge on any atom is -0.476 e. The molecule has 1 aromatic carbocycles. The van der Waals surface area contributed by atoms with Crippen LogP contribution in [0.1, 0.15) is 16.1 Å². The van der Waals surface area contributed by atoms with E-state index in [4.69, 9.17) is 22.4 Å². The second kappa shape index (κ2) is 5.65. The van der Waals surface area contributed by atoms with Gasteiger partial charge in [0.05, 0.1) is 22.0 Å². The van der Waals surface area contributed by atoms with Crippen molar-refractivity contribution in [1.29, 1.82) is 0 Å². The molecule has 0 saturated heterocycles. The molecule has 0 fully saturated rings. The molecule has 0 aliphatic rings. The number of benzene rings is 1. The van der Waals surface area contributed by atoms with E-state index in [-0.39, 0.29) is 17.8 Å². The van der Waals surface area contributed by atoms with Crippen molar-refractivity contribution in [1.82, 2.24) is 4.98 Å². The van der Waals surface area contributed by atoms with Crippen molar-refractivity contribution in [3.05, 3.63) is 46.1 Å². The van der Waals surface area contributed by atoms with Gasteiger partial charge in [0.1, 0.15) is 11.6 Å². The Kier molecular flexibility index (Phi) is 4.16. The highest BCUT2D eigenvalue weighted by molar-refractivity contribution is 6.35. The van der Waals surface area contributed by atoms with Crippen molar-refractivity contribution in [2.75, 3.05) is 5.73 Å². The van der Waals surface area contributed by atoms with Crippen LogP contribution in [-0.2, 0) is 6.18 Å². The topological polar surface area (TPSA) is 76.2 Å². The first-order chi connectivity index (χ1) is 10.5. The molecular formula is C13H6ClF5N2O2. The molecule has 0 bridgehead atoms. The van der Waals surface area contributed by atoms with E-state index >= 15 is 0 Å². The maximum absolute atomic E-state index is 13.9. The van der Waals surface area contributed by atoms with Gasteiger partial charge in [0.2, 0.25) is 0 Å². The molecule has 0 unspecified atom stereocenters. The number of rotatable bonds is 2. The van der Waals surface area contributed by atoms with Gasteiger partial charge in [-0.1, -0.05) is 11.6 Å². The first-order valence-corrected chi connectivity index (χ1v) is 6.16. The predicted octanol–water partition coefficient (Wildman–Crippen LogP) is 3.98. The van der Waals surface area contributed by atoms with Crippen molar-refractivity contribution < 1.29 is 31.9 Å².